The maximum atomic E-state index is 13.5. The minimum absolute atomic E-state index is 0.0185. The number of urea groups is 1. The van der Waals surface area contributed by atoms with Crippen molar-refractivity contribution in [1.82, 2.24) is 4.72 Å². The smallest absolute Gasteiger partial charge is 0.326 e. The van der Waals surface area contributed by atoms with Gasteiger partial charge in [0, 0.05) is 30.5 Å². The highest BCUT2D eigenvalue weighted by atomic mass is 32.2. The first-order chi connectivity index (χ1) is 16.1. The molecule has 0 saturated heterocycles. The number of amides is 2. The Morgan fingerprint density at radius 3 is 2.26 bits per heavy atom. The quantitative estimate of drug-likeness (QED) is 0.481. The second-order valence-electron chi connectivity index (χ2n) is 7.92. The highest BCUT2D eigenvalue weighted by molar-refractivity contribution is 7.89. The van der Waals surface area contributed by atoms with Crippen molar-refractivity contribution in [2.75, 3.05) is 30.4 Å². The summed E-state index contributed by atoms with van der Waals surface area (Å²) in [4.78, 5) is 14.6. The van der Waals surface area contributed by atoms with E-state index in [1.165, 1.54) is 36.3 Å². The molecule has 34 heavy (non-hydrogen) atoms. The number of anilines is 2. The average molecular weight is 486 g/mol. The second-order valence-corrected chi connectivity index (χ2v) is 9.62. The summed E-state index contributed by atoms with van der Waals surface area (Å²) >= 11 is 0. The van der Waals surface area contributed by atoms with E-state index in [1.807, 2.05) is 19.1 Å². The van der Waals surface area contributed by atoms with Crippen molar-refractivity contribution in [3.63, 3.8) is 0 Å². The normalized spacial score (nSPS) is 11.2. The van der Waals surface area contributed by atoms with Gasteiger partial charge in [-0.05, 0) is 68.3 Å². The van der Waals surface area contributed by atoms with Gasteiger partial charge in [-0.3, -0.25) is 4.90 Å². The lowest BCUT2D eigenvalue weighted by Crippen LogP contribution is -2.41. The molecule has 0 saturated carbocycles. The van der Waals surface area contributed by atoms with Crippen LogP contribution in [0.25, 0.3) is 0 Å². The molecular formula is C25H28FN3O4S. The fourth-order valence-electron chi connectivity index (χ4n) is 3.82. The van der Waals surface area contributed by atoms with Crippen LogP contribution in [0.5, 0.6) is 5.75 Å². The standard InChI is InChI=1S/C25H28FN3O4S/c1-17-14-18(2)24(19(3)15-17)34(31,32)27-12-13-29(22-10-8-20(26)9-11-22)25(30)28-21-6-5-7-23(16-21)33-4/h5-11,14-16,27H,12-13H2,1-4H3,(H,28,30). The van der Waals surface area contributed by atoms with E-state index in [-0.39, 0.29) is 18.0 Å². The third-order valence-electron chi connectivity index (χ3n) is 5.21. The van der Waals surface area contributed by atoms with E-state index in [0.717, 1.165) is 5.56 Å². The summed E-state index contributed by atoms with van der Waals surface area (Å²) in [5, 5.41) is 2.77. The Bertz CT molecular complexity index is 1250. The topological polar surface area (TPSA) is 87.7 Å². The van der Waals surface area contributed by atoms with Gasteiger partial charge in [-0.25, -0.2) is 22.3 Å². The molecule has 3 aromatic carbocycles. The number of methoxy groups -OCH3 is 1. The van der Waals surface area contributed by atoms with E-state index in [1.54, 1.807) is 38.1 Å². The number of hydrogen-bond donors (Lipinski definition) is 2. The Morgan fingerprint density at radius 1 is 1.00 bits per heavy atom. The van der Waals surface area contributed by atoms with Gasteiger partial charge >= 0.3 is 6.03 Å². The van der Waals surface area contributed by atoms with Crippen molar-refractivity contribution in [1.29, 1.82) is 0 Å². The monoisotopic (exact) mass is 485 g/mol. The summed E-state index contributed by atoms with van der Waals surface area (Å²) < 4.78 is 47.2. The molecule has 3 rings (SSSR count). The van der Waals surface area contributed by atoms with Crippen LogP contribution in [0, 0.1) is 26.6 Å². The molecule has 0 aromatic heterocycles. The van der Waals surface area contributed by atoms with Crippen LogP contribution in [-0.4, -0.2) is 34.6 Å². The van der Waals surface area contributed by atoms with Gasteiger partial charge in [0.15, 0.2) is 0 Å². The zero-order valence-electron chi connectivity index (χ0n) is 19.6. The molecule has 180 valence electrons. The Morgan fingerprint density at radius 2 is 1.65 bits per heavy atom. The summed E-state index contributed by atoms with van der Waals surface area (Å²) in [7, 11) is -2.28. The van der Waals surface area contributed by atoms with Gasteiger partial charge in [0.2, 0.25) is 10.0 Å². The van der Waals surface area contributed by atoms with Gasteiger partial charge in [0.25, 0.3) is 0 Å². The summed E-state index contributed by atoms with van der Waals surface area (Å²) in [6, 6.07) is 15.4. The van der Waals surface area contributed by atoms with Gasteiger partial charge in [-0.1, -0.05) is 23.8 Å². The van der Waals surface area contributed by atoms with Crippen molar-refractivity contribution in [2.24, 2.45) is 0 Å². The molecule has 0 aliphatic carbocycles. The highest BCUT2D eigenvalue weighted by Gasteiger charge is 2.22. The molecule has 0 unspecified atom stereocenters. The molecule has 0 aliphatic heterocycles. The number of benzene rings is 3. The zero-order chi connectivity index (χ0) is 24.9. The molecular weight excluding hydrogens is 457 g/mol. The molecule has 7 nitrogen and oxygen atoms in total. The number of carbonyl (C=O) groups excluding carboxylic acids is 1. The van der Waals surface area contributed by atoms with E-state index in [4.69, 9.17) is 4.74 Å². The highest BCUT2D eigenvalue weighted by Crippen LogP contribution is 2.22. The molecule has 0 atom stereocenters. The van der Waals surface area contributed by atoms with E-state index in [9.17, 15) is 17.6 Å². The summed E-state index contributed by atoms with van der Waals surface area (Å²) in [6.45, 7) is 5.38. The lowest BCUT2D eigenvalue weighted by molar-refractivity contribution is 0.257. The van der Waals surface area contributed by atoms with Crippen LogP contribution >= 0.6 is 0 Å². The van der Waals surface area contributed by atoms with Crippen LogP contribution in [0.15, 0.2) is 65.6 Å². The first-order valence-electron chi connectivity index (χ1n) is 10.7. The zero-order valence-corrected chi connectivity index (χ0v) is 20.4. The van der Waals surface area contributed by atoms with Crippen molar-refractivity contribution >= 4 is 27.4 Å². The number of halogens is 1. The summed E-state index contributed by atoms with van der Waals surface area (Å²) in [5.41, 5.74) is 3.20. The average Bonchev–Trinajstić information content (AvgIpc) is 2.76. The Kier molecular flexibility index (Phi) is 7.90. The van der Waals surface area contributed by atoms with Gasteiger partial charge in [-0.15, -0.1) is 0 Å². The lowest BCUT2D eigenvalue weighted by Gasteiger charge is -2.24. The number of hydrogen-bond acceptors (Lipinski definition) is 4. The van der Waals surface area contributed by atoms with Crippen molar-refractivity contribution in [3.05, 3.63) is 83.2 Å². The van der Waals surface area contributed by atoms with Crippen LogP contribution in [0.2, 0.25) is 0 Å². The summed E-state index contributed by atoms with van der Waals surface area (Å²) in [5.74, 6) is 0.130. The first kappa shape index (κ1) is 25.2. The molecule has 0 heterocycles. The Hall–Kier alpha value is -3.43. The number of rotatable bonds is 8. The first-order valence-corrected chi connectivity index (χ1v) is 12.1. The fraction of sp³-hybridized carbons (Fsp3) is 0.240. The predicted molar refractivity (Wildman–Crippen MR) is 132 cm³/mol. The lowest BCUT2D eigenvalue weighted by atomic mass is 10.1. The van der Waals surface area contributed by atoms with Gasteiger partial charge in [-0.2, -0.15) is 0 Å². The third kappa shape index (κ3) is 6.12. The van der Waals surface area contributed by atoms with Crippen LogP contribution in [0.3, 0.4) is 0 Å². The Labute approximate surface area is 199 Å². The molecule has 0 aliphatic rings. The minimum atomic E-state index is -3.80. The van der Waals surface area contributed by atoms with Crippen molar-refractivity contribution < 1.29 is 22.3 Å². The number of ether oxygens (including phenoxy) is 1. The van der Waals surface area contributed by atoms with Crippen molar-refractivity contribution in [3.8, 4) is 5.75 Å². The molecule has 0 radical (unpaired) electrons. The maximum Gasteiger partial charge on any atom is 0.326 e. The minimum Gasteiger partial charge on any atom is -0.497 e. The van der Waals surface area contributed by atoms with E-state index >= 15 is 0 Å². The van der Waals surface area contributed by atoms with E-state index in [2.05, 4.69) is 10.0 Å². The number of sulfonamides is 1. The molecule has 2 amide bonds. The number of nitrogens with one attached hydrogen (secondary N) is 2. The molecule has 3 aromatic rings. The number of carbonyl (C=O) groups is 1. The largest absolute Gasteiger partial charge is 0.497 e. The number of nitrogens with zero attached hydrogens (tertiary/aromatic N) is 1. The van der Waals surface area contributed by atoms with Gasteiger partial charge in [0.05, 0.1) is 12.0 Å². The third-order valence-corrected chi connectivity index (χ3v) is 6.97. The van der Waals surface area contributed by atoms with Crippen LogP contribution < -0.4 is 19.7 Å². The van der Waals surface area contributed by atoms with E-state index in [0.29, 0.717) is 28.3 Å². The molecule has 0 bridgehead atoms. The fourth-order valence-corrected chi connectivity index (χ4v) is 5.29. The van der Waals surface area contributed by atoms with Gasteiger partial charge < -0.3 is 10.1 Å². The molecule has 0 spiro atoms. The molecule has 2 N–H and O–H groups in total. The second kappa shape index (κ2) is 10.7. The van der Waals surface area contributed by atoms with Crippen LogP contribution in [0.1, 0.15) is 16.7 Å². The van der Waals surface area contributed by atoms with Crippen LogP contribution in [0.4, 0.5) is 20.6 Å². The molecule has 0 fully saturated rings. The molecule has 9 heteroatoms. The summed E-state index contributed by atoms with van der Waals surface area (Å²) in [6.07, 6.45) is 0. The van der Waals surface area contributed by atoms with Crippen LogP contribution in [-0.2, 0) is 10.0 Å². The van der Waals surface area contributed by atoms with E-state index < -0.39 is 21.9 Å². The van der Waals surface area contributed by atoms with Gasteiger partial charge in [0.1, 0.15) is 11.6 Å². The number of aryl methyl sites for hydroxylation is 3. The maximum absolute atomic E-state index is 13.5. The Balaban J connectivity index is 1.79. The van der Waals surface area contributed by atoms with Crippen molar-refractivity contribution in [2.45, 2.75) is 25.7 Å². The predicted octanol–water partition coefficient (Wildman–Crippen LogP) is 4.78. The SMILES string of the molecule is COc1cccc(NC(=O)N(CCNS(=O)(=O)c2c(C)cc(C)cc2C)c2ccc(F)cc2)c1.